The molecule has 8 heteroatoms. The zero-order chi connectivity index (χ0) is 13.7. The summed E-state index contributed by atoms with van der Waals surface area (Å²) >= 11 is 4.38. The topological polar surface area (TPSA) is 109 Å². The molecule has 0 bridgehead atoms. The minimum atomic E-state index is -1.20. The maximum Gasteiger partial charge on any atom is 0.326 e. The summed E-state index contributed by atoms with van der Waals surface area (Å²) < 4.78 is 0.601. The molecule has 1 atom stereocenters. The van der Waals surface area contributed by atoms with Crippen LogP contribution in [0.4, 0.5) is 0 Å². The predicted molar refractivity (Wildman–Crippen MR) is 69.3 cm³/mol. The molecule has 0 aliphatic heterocycles. The quantitative estimate of drug-likeness (QED) is 0.719. The van der Waals surface area contributed by atoms with Crippen LogP contribution in [0.15, 0.2) is 15.9 Å². The Morgan fingerprint density at radius 2 is 2.17 bits per heavy atom. The lowest BCUT2D eigenvalue weighted by molar-refractivity contribution is -0.139. The Balaban J connectivity index is 2.67. The van der Waals surface area contributed by atoms with E-state index in [-0.39, 0.29) is 12.8 Å². The van der Waals surface area contributed by atoms with E-state index in [1.54, 1.807) is 11.4 Å². The van der Waals surface area contributed by atoms with Gasteiger partial charge >= 0.3 is 5.97 Å². The summed E-state index contributed by atoms with van der Waals surface area (Å²) in [5.41, 5.74) is 4.94. The monoisotopic (exact) mass is 334 g/mol. The average Bonchev–Trinajstić information content (AvgIpc) is 2.69. The van der Waals surface area contributed by atoms with E-state index in [4.69, 9.17) is 10.8 Å². The molecule has 98 valence electrons. The second kappa shape index (κ2) is 6.50. The normalized spacial score (nSPS) is 11.8. The van der Waals surface area contributed by atoms with Crippen LogP contribution in [0.5, 0.6) is 0 Å². The number of carbonyl (C=O) groups is 3. The van der Waals surface area contributed by atoms with Gasteiger partial charge in [0.1, 0.15) is 10.9 Å². The first-order chi connectivity index (χ1) is 8.41. The lowest BCUT2D eigenvalue weighted by atomic mass is 10.1. The molecule has 0 saturated heterocycles. The summed E-state index contributed by atoms with van der Waals surface area (Å²) in [7, 11) is 0. The highest BCUT2D eigenvalue weighted by molar-refractivity contribution is 9.10. The molecule has 1 aromatic heterocycles. The third-order valence-electron chi connectivity index (χ3n) is 2.11. The number of thiophene rings is 1. The average molecular weight is 335 g/mol. The van der Waals surface area contributed by atoms with Gasteiger partial charge in [0.2, 0.25) is 5.91 Å². The maximum absolute atomic E-state index is 11.8. The van der Waals surface area contributed by atoms with Gasteiger partial charge in [0.25, 0.3) is 5.91 Å². The number of amides is 2. The number of carboxylic acid groups (broad SMARTS) is 1. The zero-order valence-corrected chi connectivity index (χ0v) is 11.6. The van der Waals surface area contributed by atoms with Crippen molar-refractivity contribution in [2.45, 2.75) is 18.9 Å². The standard InChI is InChI=1S/C10H11BrN2O4S/c11-5-3-4-18-8(5)9(15)13-6(10(16)17)1-2-7(12)14/h3-4,6H,1-2H2,(H2,12,14)(H,13,15)(H,16,17). The molecule has 0 spiro atoms. The highest BCUT2D eigenvalue weighted by atomic mass is 79.9. The van der Waals surface area contributed by atoms with Gasteiger partial charge in [-0.3, -0.25) is 9.59 Å². The summed E-state index contributed by atoms with van der Waals surface area (Å²) in [5, 5.41) is 13.0. The molecule has 0 aliphatic rings. The summed E-state index contributed by atoms with van der Waals surface area (Å²) in [6.45, 7) is 0. The Labute approximate surface area is 115 Å². The largest absolute Gasteiger partial charge is 0.480 e. The fourth-order valence-corrected chi connectivity index (χ4v) is 2.68. The zero-order valence-electron chi connectivity index (χ0n) is 9.18. The molecule has 6 nitrogen and oxygen atoms in total. The van der Waals surface area contributed by atoms with Crippen LogP contribution in [0.2, 0.25) is 0 Å². The van der Waals surface area contributed by atoms with Crippen molar-refractivity contribution in [1.82, 2.24) is 5.32 Å². The van der Waals surface area contributed by atoms with Crippen molar-refractivity contribution in [3.05, 3.63) is 20.8 Å². The number of carbonyl (C=O) groups excluding carboxylic acids is 2. The van der Waals surface area contributed by atoms with E-state index < -0.39 is 23.8 Å². The van der Waals surface area contributed by atoms with E-state index in [0.29, 0.717) is 9.35 Å². The first-order valence-corrected chi connectivity index (χ1v) is 6.64. The smallest absolute Gasteiger partial charge is 0.326 e. The van der Waals surface area contributed by atoms with Gasteiger partial charge in [-0.15, -0.1) is 11.3 Å². The van der Waals surface area contributed by atoms with E-state index in [0.717, 1.165) is 0 Å². The third kappa shape index (κ3) is 4.11. The molecule has 0 saturated carbocycles. The minimum Gasteiger partial charge on any atom is -0.480 e. The SMILES string of the molecule is NC(=O)CCC(NC(=O)c1sccc1Br)C(=O)O. The molecule has 1 heterocycles. The number of hydrogen-bond acceptors (Lipinski definition) is 4. The number of aliphatic carboxylic acids is 1. The molecule has 4 N–H and O–H groups in total. The van der Waals surface area contributed by atoms with Gasteiger partial charge in [0.15, 0.2) is 0 Å². The molecule has 1 rings (SSSR count). The number of rotatable bonds is 6. The van der Waals surface area contributed by atoms with Crippen LogP contribution in [-0.4, -0.2) is 28.9 Å². The number of primary amides is 1. The van der Waals surface area contributed by atoms with Gasteiger partial charge in [-0.25, -0.2) is 4.79 Å². The highest BCUT2D eigenvalue weighted by Gasteiger charge is 2.22. The maximum atomic E-state index is 11.8. The van der Waals surface area contributed by atoms with Crippen molar-refractivity contribution in [3.63, 3.8) is 0 Å². The molecular formula is C10H11BrN2O4S. The van der Waals surface area contributed by atoms with E-state index in [1.807, 2.05) is 0 Å². The third-order valence-corrected chi connectivity index (χ3v) is 3.94. The van der Waals surface area contributed by atoms with Crippen LogP contribution in [0.1, 0.15) is 22.5 Å². The summed E-state index contributed by atoms with van der Waals surface area (Å²) in [6.07, 6.45) is -0.123. The van der Waals surface area contributed by atoms with Gasteiger partial charge in [0.05, 0.1) is 0 Å². The molecule has 18 heavy (non-hydrogen) atoms. The number of halogens is 1. The lowest BCUT2D eigenvalue weighted by Gasteiger charge is -2.13. The molecule has 0 radical (unpaired) electrons. The van der Waals surface area contributed by atoms with E-state index in [9.17, 15) is 14.4 Å². The second-order valence-electron chi connectivity index (χ2n) is 3.47. The van der Waals surface area contributed by atoms with Gasteiger partial charge in [-0.05, 0) is 33.8 Å². The van der Waals surface area contributed by atoms with Crippen LogP contribution >= 0.6 is 27.3 Å². The van der Waals surface area contributed by atoms with E-state index in [1.165, 1.54) is 11.3 Å². The first kappa shape index (κ1) is 14.7. The molecule has 2 amide bonds. The molecule has 1 aromatic rings. The molecule has 0 fully saturated rings. The Hall–Kier alpha value is -1.41. The van der Waals surface area contributed by atoms with Crippen LogP contribution < -0.4 is 11.1 Å². The second-order valence-corrected chi connectivity index (χ2v) is 5.24. The van der Waals surface area contributed by atoms with E-state index in [2.05, 4.69) is 21.2 Å². The minimum absolute atomic E-state index is 0.0284. The lowest BCUT2D eigenvalue weighted by Crippen LogP contribution is -2.41. The Morgan fingerprint density at radius 3 is 2.61 bits per heavy atom. The predicted octanol–water partition coefficient (Wildman–Crippen LogP) is 0.959. The summed E-state index contributed by atoms with van der Waals surface area (Å²) in [4.78, 5) is 33.7. The van der Waals surface area contributed by atoms with Gasteiger partial charge in [0, 0.05) is 10.9 Å². The van der Waals surface area contributed by atoms with Crippen molar-refractivity contribution in [1.29, 1.82) is 0 Å². The number of nitrogens with one attached hydrogen (secondary N) is 1. The van der Waals surface area contributed by atoms with E-state index >= 15 is 0 Å². The Bertz CT molecular complexity index is 474. The van der Waals surface area contributed by atoms with Crippen molar-refractivity contribution >= 4 is 45.1 Å². The van der Waals surface area contributed by atoms with Crippen LogP contribution in [0.25, 0.3) is 0 Å². The molecule has 0 aliphatic carbocycles. The van der Waals surface area contributed by atoms with Crippen LogP contribution in [0.3, 0.4) is 0 Å². The fraction of sp³-hybridized carbons (Fsp3) is 0.300. The van der Waals surface area contributed by atoms with Gasteiger partial charge in [-0.1, -0.05) is 0 Å². The van der Waals surface area contributed by atoms with Crippen molar-refractivity contribution in [2.75, 3.05) is 0 Å². The van der Waals surface area contributed by atoms with Crippen molar-refractivity contribution in [2.24, 2.45) is 5.73 Å². The fourth-order valence-electron chi connectivity index (χ4n) is 1.22. The molecular weight excluding hydrogens is 324 g/mol. The molecule has 0 aromatic carbocycles. The number of carboxylic acids is 1. The highest BCUT2D eigenvalue weighted by Crippen LogP contribution is 2.22. The van der Waals surface area contributed by atoms with Crippen molar-refractivity contribution < 1.29 is 19.5 Å². The van der Waals surface area contributed by atoms with Gasteiger partial charge < -0.3 is 16.2 Å². The van der Waals surface area contributed by atoms with Crippen LogP contribution in [0, 0.1) is 0 Å². The van der Waals surface area contributed by atoms with Crippen molar-refractivity contribution in [3.8, 4) is 0 Å². The summed E-state index contributed by atoms with van der Waals surface area (Å²) in [5.74, 6) is -2.29. The van der Waals surface area contributed by atoms with Crippen LogP contribution in [-0.2, 0) is 9.59 Å². The first-order valence-electron chi connectivity index (χ1n) is 4.96. The molecule has 1 unspecified atom stereocenters. The Morgan fingerprint density at radius 1 is 1.50 bits per heavy atom. The number of hydrogen-bond donors (Lipinski definition) is 3. The summed E-state index contributed by atoms with van der Waals surface area (Å²) in [6, 6.07) is 0.567. The van der Waals surface area contributed by atoms with Gasteiger partial charge in [-0.2, -0.15) is 0 Å². The Kier molecular flexibility index (Phi) is 5.29. The number of nitrogens with two attached hydrogens (primary N) is 1.